The van der Waals surface area contributed by atoms with Crippen LogP contribution in [0.5, 0.6) is 0 Å². The molecular weight excluding hydrogens is 172 g/mol. The van der Waals surface area contributed by atoms with Gasteiger partial charge in [-0.2, -0.15) is 0 Å². The molecule has 0 amide bonds. The normalized spacial score (nSPS) is 16.6. The highest BCUT2D eigenvalue weighted by Gasteiger charge is 2.31. The van der Waals surface area contributed by atoms with Crippen LogP contribution in [0.15, 0.2) is 10.8 Å². The molecule has 0 bridgehead atoms. The zero-order chi connectivity index (χ0) is 9.90. The van der Waals surface area contributed by atoms with Crippen molar-refractivity contribution in [3.05, 3.63) is 10.8 Å². The maximum atomic E-state index is 2.47. The van der Waals surface area contributed by atoms with Crippen molar-refractivity contribution in [3.63, 3.8) is 0 Å². The number of hydrogen-bond acceptors (Lipinski definition) is 0. The second-order valence-electron chi connectivity index (χ2n) is 5.32. The van der Waals surface area contributed by atoms with Gasteiger partial charge in [-0.1, -0.05) is 56.6 Å². The van der Waals surface area contributed by atoms with E-state index in [1.165, 1.54) is 38.5 Å². The minimum absolute atomic E-state index is 0.875. The molecule has 0 heterocycles. The molecule has 1 aliphatic carbocycles. The molecule has 76 valence electrons. The fourth-order valence-electron chi connectivity index (χ4n) is 1.97. The van der Waals surface area contributed by atoms with Crippen LogP contribution >= 0.6 is 0 Å². The zero-order valence-electron chi connectivity index (χ0n) is 9.74. The lowest BCUT2D eigenvalue weighted by Gasteiger charge is -2.09. The van der Waals surface area contributed by atoms with Crippen LogP contribution in [0.4, 0.5) is 0 Å². The minimum Gasteiger partial charge on any atom is -0.0776 e. The molecular formula is C12H24Si. The first-order valence-electron chi connectivity index (χ1n) is 5.77. The maximum Gasteiger partial charge on any atom is 0.0728 e. The summed E-state index contributed by atoms with van der Waals surface area (Å²) in [6, 6.07) is 0. The first kappa shape index (κ1) is 11.0. The predicted octanol–water partition coefficient (Wildman–Crippen LogP) is 4.53. The quantitative estimate of drug-likeness (QED) is 0.432. The van der Waals surface area contributed by atoms with E-state index in [1.807, 2.05) is 10.8 Å². The summed E-state index contributed by atoms with van der Waals surface area (Å²) in [5.74, 6) is 0. The second kappa shape index (κ2) is 4.45. The molecule has 1 rings (SSSR count). The zero-order valence-corrected chi connectivity index (χ0v) is 10.7. The lowest BCUT2D eigenvalue weighted by atomic mass is 10.1. The Morgan fingerprint density at radius 1 is 1.08 bits per heavy atom. The monoisotopic (exact) mass is 196 g/mol. The summed E-state index contributed by atoms with van der Waals surface area (Å²) in [4.78, 5) is 0. The Morgan fingerprint density at radius 3 is 2.23 bits per heavy atom. The molecule has 0 aromatic carbocycles. The SMILES string of the molecule is CCCCCCC1=C([Si](C)(C)C)C1. The molecule has 0 aromatic heterocycles. The van der Waals surface area contributed by atoms with Crippen molar-refractivity contribution >= 4 is 8.07 Å². The topological polar surface area (TPSA) is 0 Å². The summed E-state index contributed by atoms with van der Waals surface area (Å²) < 4.78 is 0. The van der Waals surface area contributed by atoms with Crippen LogP contribution < -0.4 is 0 Å². The molecule has 0 spiro atoms. The third kappa shape index (κ3) is 3.68. The molecule has 0 atom stereocenters. The van der Waals surface area contributed by atoms with Gasteiger partial charge >= 0.3 is 0 Å². The third-order valence-electron chi connectivity index (χ3n) is 2.93. The van der Waals surface area contributed by atoms with E-state index >= 15 is 0 Å². The third-order valence-corrected chi connectivity index (χ3v) is 5.27. The average molecular weight is 196 g/mol. The lowest BCUT2D eigenvalue weighted by molar-refractivity contribution is 0.668. The molecule has 0 unspecified atom stereocenters. The van der Waals surface area contributed by atoms with Crippen LogP contribution in [0.3, 0.4) is 0 Å². The molecule has 0 radical (unpaired) electrons. The molecule has 0 N–H and O–H groups in total. The molecule has 0 aromatic rings. The summed E-state index contributed by atoms with van der Waals surface area (Å²) in [6.45, 7) is 9.70. The van der Waals surface area contributed by atoms with E-state index in [9.17, 15) is 0 Å². The van der Waals surface area contributed by atoms with Gasteiger partial charge in [0.25, 0.3) is 0 Å². The molecule has 0 aliphatic heterocycles. The first-order chi connectivity index (χ1) is 6.05. The summed E-state index contributed by atoms with van der Waals surface area (Å²) in [7, 11) is -0.875. The van der Waals surface area contributed by atoms with Gasteiger partial charge in [-0.15, -0.1) is 0 Å². The van der Waals surface area contributed by atoms with Crippen molar-refractivity contribution < 1.29 is 0 Å². The van der Waals surface area contributed by atoms with Gasteiger partial charge in [0.1, 0.15) is 0 Å². The van der Waals surface area contributed by atoms with Gasteiger partial charge in [-0.05, 0) is 19.3 Å². The summed E-state index contributed by atoms with van der Waals surface area (Å²) >= 11 is 0. The van der Waals surface area contributed by atoms with Gasteiger partial charge in [0.15, 0.2) is 0 Å². The van der Waals surface area contributed by atoms with E-state index in [0.29, 0.717) is 0 Å². The van der Waals surface area contributed by atoms with Crippen molar-refractivity contribution in [2.75, 3.05) is 0 Å². The molecule has 0 saturated heterocycles. The van der Waals surface area contributed by atoms with Crippen LogP contribution in [0.1, 0.15) is 45.4 Å². The Balaban J connectivity index is 2.15. The minimum atomic E-state index is -0.875. The highest BCUT2D eigenvalue weighted by Crippen LogP contribution is 2.41. The Bertz CT molecular complexity index is 196. The highest BCUT2D eigenvalue weighted by molar-refractivity contribution is 6.84. The average Bonchev–Trinajstić information content (AvgIpc) is 2.76. The first-order valence-corrected chi connectivity index (χ1v) is 9.27. The smallest absolute Gasteiger partial charge is 0.0728 e. The molecule has 1 aliphatic rings. The van der Waals surface area contributed by atoms with Gasteiger partial charge < -0.3 is 0 Å². The van der Waals surface area contributed by atoms with Crippen molar-refractivity contribution in [2.45, 2.75) is 65.1 Å². The number of rotatable bonds is 6. The summed E-state index contributed by atoms with van der Waals surface area (Å²) in [6.07, 6.45) is 8.49. The van der Waals surface area contributed by atoms with Crippen LogP contribution in [0.25, 0.3) is 0 Å². The fraction of sp³-hybridized carbons (Fsp3) is 0.833. The number of hydrogen-bond donors (Lipinski definition) is 0. The van der Waals surface area contributed by atoms with E-state index in [-0.39, 0.29) is 0 Å². The molecule has 0 saturated carbocycles. The predicted molar refractivity (Wildman–Crippen MR) is 63.7 cm³/mol. The van der Waals surface area contributed by atoms with Crippen LogP contribution in [-0.4, -0.2) is 8.07 Å². The molecule has 13 heavy (non-hydrogen) atoms. The lowest BCUT2D eigenvalue weighted by Crippen LogP contribution is -2.18. The Morgan fingerprint density at radius 2 is 1.77 bits per heavy atom. The summed E-state index contributed by atoms with van der Waals surface area (Å²) in [5, 5.41) is 1.88. The van der Waals surface area contributed by atoms with Crippen LogP contribution in [0, 0.1) is 0 Å². The maximum absolute atomic E-state index is 2.47. The van der Waals surface area contributed by atoms with E-state index in [0.717, 1.165) is 0 Å². The summed E-state index contributed by atoms with van der Waals surface area (Å²) in [5.41, 5.74) is 1.83. The van der Waals surface area contributed by atoms with Gasteiger partial charge in [-0.25, -0.2) is 0 Å². The fourth-order valence-corrected chi connectivity index (χ4v) is 3.90. The van der Waals surface area contributed by atoms with E-state index < -0.39 is 8.07 Å². The van der Waals surface area contributed by atoms with Gasteiger partial charge in [0.2, 0.25) is 0 Å². The van der Waals surface area contributed by atoms with E-state index in [2.05, 4.69) is 26.6 Å². The van der Waals surface area contributed by atoms with Crippen molar-refractivity contribution in [1.29, 1.82) is 0 Å². The van der Waals surface area contributed by atoms with Crippen LogP contribution in [-0.2, 0) is 0 Å². The molecule has 0 fully saturated rings. The van der Waals surface area contributed by atoms with Crippen molar-refractivity contribution in [3.8, 4) is 0 Å². The van der Waals surface area contributed by atoms with Crippen molar-refractivity contribution in [1.82, 2.24) is 0 Å². The van der Waals surface area contributed by atoms with E-state index in [4.69, 9.17) is 0 Å². The van der Waals surface area contributed by atoms with E-state index in [1.54, 1.807) is 0 Å². The van der Waals surface area contributed by atoms with Crippen molar-refractivity contribution in [2.24, 2.45) is 0 Å². The standard InChI is InChI=1S/C12H24Si/c1-5-6-7-8-9-11-10-12(11)13(2,3)4/h5-10H2,1-4H3. The Labute approximate surface area is 84.4 Å². The number of unbranched alkanes of at least 4 members (excludes halogenated alkanes) is 3. The Kier molecular flexibility index (Phi) is 3.78. The number of allylic oxidation sites excluding steroid dienone is 2. The largest absolute Gasteiger partial charge is 0.0776 e. The van der Waals surface area contributed by atoms with Gasteiger partial charge in [-0.3, -0.25) is 0 Å². The van der Waals surface area contributed by atoms with Gasteiger partial charge in [0, 0.05) is 0 Å². The Hall–Kier alpha value is -0.0431. The van der Waals surface area contributed by atoms with Crippen LogP contribution in [0.2, 0.25) is 19.6 Å². The molecule has 0 nitrogen and oxygen atoms in total. The molecule has 1 heteroatoms. The second-order valence-corrected chi connectivity index (χ2v) is 10.4. The highest BCUT2D eigenvalue weighted by atomic mass is 28.3. The van der Waals surface area contributed by atoms with Gasteiger partial charge in [0.05, 0.1) is 8.07 Å².